The Kier molecular flexibility index (Phi) is 6.26. The van der Waals surface area contributed by atoms with Gasteiger partial charge >= 0.3 is 0 Å². The molecule has 156 valence electrons. The highest BCUT2D eigenvalue weighted by Crippen LogP contribution is 2.25. The third kappa shape index (κ3) is 5.09. The van der Waals surface area contributed by atoms with Gasteiger partial charge in [-0.15, -0.1) is 0 Å². The van der Waals surface area contributed by atoms with Crippen LogP contribution < -0.4 is 10.1 Å². The summed E-state index contributed by atoms with van der Waals surface area (Å²) in [4.78, 5) is 16.8. The summed E-state index contributed by atoms with van der Waals surface area (Å²) in [7, 11) is 0. The Bertz CT molecular complexity index is 1160. The minimum absolute atomic E-state index is 0.106. The molecule has 31 heavy (non-hydrogen) atoms. The predicted octanol–water partition coefficient (Wildman–Crippen LogP) is 4.64. The van der Waals surface area contributed by atoms with Crippen molar-refractivity contribution in [3.63, 3.8) is 0 Å². The van der Waals surface area contributed by atoms with Crippen molar-refractivity contribution < 1.29 is 14.6 Å². The summed E-state index contributed by atoms with van der Waals surface area (Å²) >= 11 is 5.95. The number of amides is 1. The first kappa shape index (κ1) is 20.6. The molecule has 0 saturated carbocycles. The van der Waals surface area contributed by atoms with Gasteiger partial charge in [0.25, 0.3) is 5.91 Å². The molecular formula is C23H19ClN4O3. The van der Waals surface area contributed by atoms with Crippen molar-refractivity contribution >= 4 is 23.3 Å². The summed E-state index contributed by atoms with van der Waals surface area (Å²) in [5, 5.41) is 17.3. The molecule has 2 heterocycles. The summed E-state index contributed by atoms with van der Waals surface area (Å²) < 4.78 is 7.25. The van der Waals surface area contributed by atoms with Gasteiger partial charge in [-0.1, -0.05) is 23.7 Å². The molecule has 0 radical (unpaired) electrons. The maximum atomic E-state index is 12.7. The van der Waals surface area contributed by atoms with Gasteiger partial charge in [-0.3, -0.25) is 9.78 Å². The van der Waals surface area contributed by atoms with Crippen LogP contribution >= 0.6 is 11.6 Å². The third-order valence-corrected chi connectivity index (χ3v) is 4.71. The Morgan fingerprint density at radius 1 is 1.06 bits per heavy atom. The van der Waals surface area contributed by atoms with Crippen molar-refractivity contribution in [1.82, 2.24) is 14.8 Å². The molecule has 1 amide bonds. The molecule has 8 heteroatoms. The highest BCUT2D eigenvalue weighted by atomic mass is 35.5. The first-order chi connectivity index (χ1) is 15.1. The van der Waals surface area contributed by atoms with E-state index in [9.17, 15) is 9.90 Å². The van der Waals surface area contributed by atoms with E-state index in [1.54, 1.807) is 71.7 Å². The van der Waals surface area contributed by atoms with E-state index in [0.717, 1.165) is 5.56 Å². The number of aromatic nitrogens is 3. The Labute approximate surface area is 183 Å². The van der Waals surface area contributed by atoms with E-state index >= 15 is 0 Å². The van der Waals surface area contributed by atoms with E-state index in [-0.39, 0.29) is 19.1 Å². The average Bonchev–Trinajstić information content (AvgIpc) is 3.18. The Balaban J connectivity index is 1.50. The molecule has 0 atom stereocenters. The molecule has 7 nitrogen and oxygen atoms in total. The Hall–Kier alpha value is -3.68. The highest BCUT2D eigenvalue weighted by Gasteiger charge is 2.14. The molecule has 0 spiro atoms. The molecule has 2 aromatic heterocycles. The number of aliphatic hydroxyl groups excluding tert-OH is 1. The number of rotatable bonds is 7. The molecule has 0 saturated heterocycles. The number of carbonyl (C=O) groups excluding carboxylic acids is 1. The lowest BCUT2D eigenvalue weighted by Crippen LogP contribution is -2.16. The summed E-state index contributed by atoms with van der Waals surface area (Å²) in [5.41, 5.74) is 1.98. The zero-order valence-electron chi connectivity index (χ0n) is 16.4. The number of ether oxygens (including phenoxy) is 1. The summed E-state index contributed by atoms with van der Waals surface area (Å²) in [5.74, 6) is 1.40. The third-order valence-electron chi connectivity index (χ3n) is 4.46. The van der Waals surface area contributed by atoms with E-state index in [0.29, 0.717) is 33.6 Å². The van der Waals surface area contributed by atoms with Gasteiger partial charge in [-0.2, -0.15) is 5.10 Å². The van der Waals surface area contributed by atoms with E-state index in [2.05, 4.69) is 15.4 Å². The number of nitrogens with one attached hydrogen (secondary N) is 1. The van der Waals surface area contributed by atoms with Gasteiger partial charge in [0.15, 0.2) is 0 Å². The molecule has 4 rings (SSSR count). The lowest BCUT2D eigenvalue weighted by Gasteiger charge is -2.09. The molecule has 4 aromatic rings. The van der Waals surface area contributed by atoms with Crippen molar-refractivity contribution in [3.8, 4) is 22.8 Å². The van der Waals surface area contributed by atoms with Crippen LogP contribution in [0.15, 0.2) is 79.1 Å². The lowest BCUT2D eigenvalue weighted by atomic mass is 10.1. The second-order valence-electron chi connectivity index (χ2n) is 6.64. The minimum Gasteiger partial charge on any atom is -0.456 e. The van der Waals surface area contributed by atoms with Gasteiger partial charge in [0.1, 0.15) is 17.3 Å². The van der Waals surface area contributed by atoms with E-state index < -0.39 is 0 Å². The maximum absolute atomic E-state index is 12.7. The molecule has 0 bridgehead atoms. The molecule has 0 fully saturated rings. The second-order valence-corrected chi connectivity index (χ2v) is 7.07. The number of anilines is 1. The topological polar surface area (TPSA) is 89.3 Å². The summed E-state index contributed by atoms with van der Waals surface area (Å²) in [6, 6.07) is 19.4. The highest BCUT2D eigenvalue weighted by molar-refractivity contribution is 6.30. The number of pyridine rings is 1. The fourth-order valence-corrected chi connectivity index (χ4v) is 3.08. The van der Waals surface area contributed by atoms with Crippen molar-refractivity contribution in [2.24, 2.45) is 0 Å². The van der Waals surface area contributed by atoms with Crippen LogP contribution in [0, 0.1) is 0 Å². The number of nitrogens with zero attached hydrogens (tertiary/aromatic N) is 3. The number of benzene rings is 2. The first-order valence-corrected chi connectivity index (χ1v) is 9.94. The second kappa shape index (κ2) is 9.42. The SMILES string of the molecule is O=C(Nc1cc(-c2ccc(Cl)cc2)nn1CCO)c1ccc(Oc2cccnc2)cc1. The molecule has 0 aliphatic carbocycles. The van der Waals surface area contributed by atoms with Crippen LogP contribution in [0.25, 0.3) is 11.3 Å². The standard InChI is InChI=1S/C23H19ClN4O3/c24-18-7-3-16(4-8-18)21-14-22(28(27-21)12-13-29)26-23(30)17-5-9-19(10-6-17)31-20-2-1-11-25-15-20/h1-11,14-15,29H,12-13H2,(H,26,30). The summed E-state index contributed by atoms with van der Waals surface area (Å²) in [6.07, 6.45) is 3.28. The van der Waals surface area contributed by atoms with Crippen LogP contribution in [0.4, 0.5) is 5.82 Å². The fraction of sp³-hybridized carbons (Fsp3) is 0.0870. The van der Waals surface area contributed by atoms with Crippen molar-refractivity contribution in [2.75, 3.05) is 11.9 Å². The minimum atomic E-state index is -0.297. The zero-order chi connectivity index (χ0) is 21.6. The van der Waals surface area contributed by atoms with Crippen molar-refractivity contribution in [2.45, 2.75) is 6.54 Å². The number of carbonyl (C=O) groups is 1. The normalized spacial score (nSPS) is 10.6. The zero-order valence-corrected chi connectivity index (χ0v) is 17.2. The fourth-order valence-electron chi connectivity index (χ4n) is 2.95. The lowest BCUT2D eigenvalue weighted by molar-refractivity contribution is 0.102. The summed E-state index contributed by atoms with van der Waals surface area (Å²) in [6.45, 7) is 0.145. The van der Waals surface area contributed by atoms with Crippen LogP contribution in [0.1, 0.15) is 10.4 Å². The Morgan fingerprint density at radius 2 is 1.84 bits per heavy atom. The predicted molar refractivity (Wildman–Crippen MR) is 118 cm³/mol. The average molecular weight is 435 g/mol. The van der Waals surface area contributed by atoms with Crippen LogP contribution in [0.3, 0.4) is 0 Å². The maximum Gasteiger partial charge on any atom is 0.256 e. The molecule has 0 aliphatic rings. The van der Waals surface area contributed by atoms with E-state index in [1.165, 1.54) is 0 Å². The van der Waals surface area contributed by atoms with Gasteiger partial charge in [0, 0.05) is 28.4 Å². The quantitative estimate of drug-likeness (QED) is 0.442. The molecule has 0 unspecified atom stereocenters. The number of halogens is 1. The van der Waals surface area contributed by atoms with Crippen LogP contribution in [0.5, 0.6) is 11.5 Å². The number of hydrogen-bond donors (Lipinski definition) is 2. The molecular weight excluding hydrogens is 416 g/mol. The van der Waals surface area contributed by atoms with Crippen LogP contribution in [-0.4, -0.2) is 32.4 Å². The largest absolute Gasteiger partial charge is 0.456 e. The van der Waals surface area contributed by atoms with Crippen molar-refractivity contribution in [1.29, 1.82) is 0 Å². The van der Waals surface area contributed by atoms with Gasteiger partial charge < -0.3 is 15.2 Å². The number of aliphatic hydroxyl groups is 1. The smallest absolute Gasteiger partial charge is 0.256 e. The monoisotopic (exact) mass is 434 g/mol. The van der Waals surface area contributed by atoms with Gasteiger partial charge in [-0.25, -0.2) is 4.68 Å². The van der Waals surface area contributed by atoms with Crippen molar-refractivity contribution in [3.05, 3.63) is 89.7 Å². The van der Waals surface area contributed by atoms with Gasteiger partial charge in [-0.05, 0) is 48.5 Å². The van der Waals surface area contributed by atoms with Gasteiger partial charge in [0.2, 0.25) is 0 Å². The molecule has 2 N–H and O–H groups in total. The van der Waals surface area contributed by atoms with E-state index in [1.807, 2.05) is 12.1 Å². The van der Waals surface area contributed by atoms with Crippen LogP contribution in [0.2, 0.25) is 5.02 Å². The van der Waals surface area contributed by atoms with Crippen LogP contribution in [-0.2, 0) is 6.54 Å². The Morgan fingerprint density at radius 3 is 2.52 bits per heavy atom. The van der Waals surface area contributed by atoms with Gasteiger partial charge in [0.05, 0.1) is 25.0 Å². The number of hydrogen-bond acceptors (Lipinski definition) is 5. The molecule has 2 aromatic carbocycles. The molecule has 0 aliphatic heterocycles. The first-order valence-electron chi connectivity index (χ1n) is 9.56. The van der Waals surface area contributed by atoms with E-state index in [4.69, 9.17) is 16.3 Å².